The molecule has 0 radical (unpaired) electrons. The molecule has 0 fully saturated rings. The van der Waals surface area contributed by atoms with Crippen molar-refractivity contribution in [3.63, 3.8) is 0 Å². The molecular formula is C37H44N10O2. The summed E-state index contributed by atoms with van der Waals surface area (Å²) in [5, 5.41) is 24.7. The molecule has 0 aliphatic heterocycles. The van der Waals surface area contributed by atoms with Gasteiger partial charge in [0.15, 0.2) is 22.9 Å². The molecule has 12 heteroatoms. The molecule has 0 saturated heterocycles. The van der Waals surface area contributed by atoms with Crippen LogP contribution < -0.4 is 15.9 Å². The van der Waals surface area contributed by atoms with E-state index in [2.05, 4.69) is 63.4 Å². The largest absolute Gasteiger partial charge is 0.326 e. The summed E-state index contributed by atoms with van der Waals surface area (Å²) < 4.78 is 3.33. The fraction of sp³-hybridized carbons (Fsp3) is 0.378. The number of rotatable bonds is 9. The highest BCUT2D eigenvalue weighted by atomic mass is 16.2. The first-order valence-corrected chi connectivity index (χ1v) is 16.8. The van der Waals surface area contributed by atoms with Gasteiger partial charge < -0.3 is 10.6 Å². The average Bonchev–Trinajstić information content (AvgIpc) is 3.79. The second-order valence-corrected chi connectivity index (χ2v) is 14.5. The summed E-state index contributed by atoms with van der Waals surface area (Å²) in [6.45, 7) is 16.8. The molecule has 0 aliphatic rings. The van der Waals surface area contributed by atoms with Gasteiger partial charge in [-0.3, -0.25) is 14.7 Å². The van der Waals surface area contributed by atoms with Crippen LogP contribution in [0.25, 0.3) is 40.1 Å². The molecule has 12 nitrogen and oxygen atoms in total. The second kappa shape index (κ2) is 12.9. The lowest BCUT2D eigenvalue weighted by atomic mass is 9.88. The summed E-state index contributed by atoms with van der Waals surface area (Å²) >= 11 is 0. The van der Waals surface area contributed by atoms with E-state index in [0.29, 0.717) is 35.8 Å². The Morgan fingerprint density at radius 1 is 0.714 bits per heavy atom. The Morgan fingerprint density at radius 3 is 1.71 bits per heavy atom. The molecule has 0 atom stereocenters. The molecule has 4 heterocycles. The standard InChI is InChI=1S/C37H44N10O2/c1-9-11-28(48)38-24-17-13-22(14-18-24)32-40-34-26(30(36(3,4)5)42-46(34)44-32)21-27-31(37(6,7)8)43-47-35(27)41-33(45-47)23-15-19-25(20-16-23)39-29(49)12-10-2/h13-21,42H,9-12H2,1-8H3,(H,38,48)(H,39,49). The van der Waals surface area contributed by atoms with Crippen LogP contribution in [-0.4, -0.2) is 51.4 Å². The first-order valence-electron chi connectivity index (χ1n) is 16.8. The summed E-state index contributed by atoms with van der Waals surface area (Å²) in [6, 6.07) is 15.1. The van der Waals surface area contributed by atoms with Crippen LogP contribution in [0.1, 0.15) is 98.0 Å². The SMILES string of the molecule is CCCC(=O)Nc1ccc(-c2nc3c(=Cc4c(C(C)(C)C)[nH]n5nc(-c6ccc(NC(=O)CCC)cc6)nc45)c(C(C)(C)C)nn3n2)cc1. The maximum Gasteiger partial charge on any atom is 0.224 e. The van der Waals surface area contributed by atoms with Gasteiger partial charge in [-0.2, -0.15) is 9.73 Å². The van der Waals surface area contributed by atoms with Crippen molar-refractivity contribution in [2.45, 2.75) is 91.9 Å². The van der Waals surface area contributed by atoms with Crippen molar-refractivity contribution < 1.29 is 9.59 Å². The molecule has 6 aromatic rings. The molecule has 0 bridgehead atoms. The Balaban J connectivity index is 1.43. The van der Waals surface area contributed by atoms with Gasteiger partial charge in [0.1, 0.15) is 0 Å². The molecule has 2 aromatic carbocycles. The Labute approximate surface area is 285 Å². The van der Waals surface area contributed by atoms with Gasteiger partial charge in [-0.1, -0.05) is 55.4 Å². The van der Waals surface area contributed by atoms with Gasteiger partial charge in [0.25, 0.3) is 0 Å². The number of fused-ring (bicyclic) bond motifs is 2. The maximum absolute atomic E-state index is 12.1. The number of hydrogen-bond donors (Lipinski definition) is 3. The fourth-order valence-electron chi connectivity index (χ4n) is 5.73. The van der Waals surface area contributed by atoms with Crippen LogP contribution in [0.4, 0.5) is 11.4 Å². The van der Waals surface area contributed by atoms with Gasteiger partial charge in [-0.25, -0.2) is 9.97 Å². The van der Waals surface area contributed by atoms with Gasteiger partial charge in [-0.15, -0.1) is 14.8 Å². The third kappa shape index (κ3) is 6.94. The lowest BCUT2D eigenvalue weighted by Gasteiger charge is -2.18. The minimum absolute atomic E-state index is 0.00481. The number of aromatic amines is 1. The molecule has 0 unspecified atom stereocenters. The van der Waals surface area contributed by atoms with Crippen molar-refractivity contribution in [3.8, 4) is 22.8 Å². The smallest absolute Gasteiger partial charge is 0.224 e. The van der Waals surface area contributed by atoms with Crippen LogP contribution in [0.2, 0.25) is 0 Å². The number of H-pyrrole nitrogens is 1. The average molecular weight is 661 g/mol. The van der Waals surface area contributed by atoms with E-state index in [0.717, 1.165) is 57.5 Å². The molecule has 49 heavy (non-hydrogen) atoms. The predicted octanol–water partition coefficient (Wildman–Crippen LogP) is 6.45. The van der Waals surface area contributed by atoms with E-state index in [-0.39, 0.29) is 22.6 Å². The van der Waals surface area contributed by atoms with Crippen LogP contribution in [-0.2, 0) is 20.4 Å². The quantitative estimate of drug-likeness (QED) is 0.162. The van der Waals surface area contributed by atoms with Crippen LogP contribution in [0.5, 0.6) is 0 Å². The molecular weight excluding hydrogens is 616 g/mol. The molecule has 6 rings (SSSR count). The molecule has 3 N–H and O–H groups in total. The summed E-state index contributed by atoms with van der Waals surface area (Å²) in [6.07, 6.45) is 4.65. The number of benzene rings is 2. The van der Waals surface area contributed by atoms with Crippen molar-refractivity contribution in [2.24, 2.45) is 0 Å². The highest BCUT2D eigenvalue weighted by molar-refractivity contribution is 5.91. The lowest BCUT2D eigenvalue weighted by Crippen LogP contribution is -2.22. The van der Waals surface area contributed by atoms with Gasteiger partial charge in [-0.05, 0) is 67.4 Å². The third-order valence-corrected chi connectivity index (χ3v) is 8.17. The fourth-order valence-corrected chi connectivity index (χ4v) is 5.73. The summed E-state index contributed by atoms with van der Waals surface area (Å²) in [5.41, 5.74) is 6.63. The number of carbonyl (C=O) groups excluding carboxylic acids is 2. The molecule has 0 aliphatic carbocycles. The van der Waals surface area contributed by atoms with Gasteiger partial charge in [0.2, 0.25) is 11.8 Å². The first-order chi connectivity index (χ1) is 23.2. The normalized spacial score (nSPS) is 12.7. The summed E-state index contributed by atoms with van der Waals surface area (Å²) in [7, 11) is 0. The minimum Gasteiger partial charge on any atom is -0.326 e. The number of aromatic nitrogens is 8. The van der Waals surface area contributed by atoms with E-state index in [9.17, 15) is 9.59 Å². The monoisotopic (exact) mass is 660 g/mol. The second-order valence-electron chi connectivity index (χ2n) is 14.5. The van der Waals surface area contributed by atoms with E-state index in [1.165, 1.54) is 0 Å². The number of carbonyl (C=O) groups is 2. The maximum atomic E-state index is 12.1. The van der Waals surface area contributed by atoms with Crippen molar-refractivity contribution in [1.29, 1.82) is 0 Å². The van der Waals surface area contributed by atoms with Crippen LogP contribution in [0, 0.1) is 0 Å². The molecule has 254 valence electrons. The number of amides is 2. The topological polar surface area (TPSA) is 147 Å². The van der Waals surface area contributed by atoms with Gasteiger partial charge in [0, 0.05) is 57.0 Å². The highest BCUT2D eigenvalue weighted by Gasteiger charge is 2.28. The van der Waals surface area contributed by atoms with Crippen LogP contribution >= 0.6 is 0 Å². The van der Waals surface area contributed by atoms with E-state index in [1.54, 1.807) is 9.26 Å². The summed E-state index contributed by atoms with van der Waals surface area (Å²) in [4.78, 5) is 34.1. The molecule has 4 aromatic heterocycles. The van der Waals surface area contributed by atoms with E-state index in [4.69, 9.17) is 25.3 Å². The third-order valence-electron chi connectivity index (χ3n) is 8.17. The zero-order valence-corrected chi connectivity index (χ0v) is 29.5. The van der Waals surface area contributed by atoms with Gasteiger partial charge in [0.05, 0.1) is 11.4 Å². The number of hydrogen-bond acceptors (Lipinski definition) is 7. The minimum atomic E-state index is -0.297. The Hall–Kier alpha value is -5.39. The number of anilines is 2. The molecule has 2 amide bonds. The van der Waals surface area contributed by atoms with Crippen molar-refractivity contribution >= 4 is 40.6 Å². The van der Waals surface area contributed by atoms with E-state index >= 15 is 0 Å². The lowest BCUT2D eigenvalue weighted by molar-refractivity contribution is -0.117. The Morgan fingerprint density at radius 2 is 1.22 bits per heavy atom. The summed E-state index contributed by atoms with van der Waals surface area (Å²) in [5.74, 6) is 1.09. The highest BCUT2D eigenvalue weighted by Crippen LogP contribution is 2.30. The number of nitrogens with one attached hydrogen (secondary N) is 3. The Kier molecular flexibility index (Phi) is 8.82. The van der Waals surface area contributed by atoms with Crippen molar-refractivity contribution in [3.05, 3.63) is 70.7 Å². The van der Waals surface area contributed by atoms with Crippen molar-refractivity contribution in [1.82, 2.24) is 39.6 Å². The predicted molar refractivity (Wildman–Crippen MR) is 192 cm³/mol. The van der Waals surface area contributed by atoms with Gasteiger partial charge >= 0.3 is 0 Å². The first kappa shape index (κ1) is 33.5. The van der Waals surface area contributed by atoms with E-state index in [1.807, 2.05) is 62.4 Å². The van der Waals surface area contributed by atoms with E-state index < -0.39 is 0 Å². The zero-order valence-electron chi connectivity index (χ0n) is 29.5. The number of nitrogens with zero attached hydrogens (tertiary/aromatic N) is 7. The zero-order chi connectivity index (χ0) is 35.1. The van der Waals surface area contributed by atoms with Crippen LogP contribution in [0.15, 0.2) is 48.5 Å². The van der Waals surface area contributed by atoms with Crippen molar-refractivity contribution in [2.75, 3.05) is 10.6 Å². The Bertz CT molecular complexity index is 2190. The molecule has 0 spiro atoms. The van der Waals surface area contributed by atoms with Crippen LogP contribution in [0.3, 0.4) is 0 Å². The molecule has 0 saturated carbocycles.